The maximum absolute atomic E-state index is 11.7. The van der Waals surface area contributed by atoms with Gasteiger partial charge in [-0.05, 0) is 12.3 Å². The largest absolute Gasteiger partial charge is 0.309 e. The van der Waals surface area contributed by atoms with Crippen molar-refractivity contribution >= 4 is 18.0 Å². The lowest BCUT2D eigenvalue weighted by Gasteiger charge is -2.08. The number of aldehydes is 1. The van der Waals surface area contributed by atoms with Crippen LogP contribution in [0.15, 0.2) is 12.4 Å². The van der Waals surface area contributed by atoms with E-state index in [9.17, 15) is 9.59 Å². The first-order valence-corrected chi connectivity index (χ1v) is 6.35. The fraction of sp³-hybridized carbons (Fsp3) is 0.538. The minimum Gasteiger partial charge on any atom is -0.309 e. The number of hydrogen-bond donors (Lipinski definition) is 1. The highest BCUT2D eigenvalue weighted by Crippen LogP contribution is 2.28. The molecule has 0 unspecified atom stereocenters. The summed E-state index contributed by atoms with van der Waals surface area (Å²) < 4.78 is 0. The monoisotopic (exact) mass is 247 g/mol. The van der Waals surface area contributed by atoms with Crippen molar-refractivity contribution < 1.29 is 9.59 Å². The molecule has 1 N–H and O–H groups in total. The number of nitrogens with zero attached hydrogens (tertiary/aromatic N) is 2. The Morgan fingerprint density at radius 3 is 2.72 bits per heavy atom. The van der Waals surface area contributed by atoms with Crippen LogP contribution in [0, 0.1) is 5.92 Å². The Bertz CT molecular complexity index is 411. The van der Waals surface area contributed by atoms with Crippen molar-refractivity contribution in [3.05, 3.63) is 18.1 Å². The molecule has 1 aromatic heterocycles. The number of rotatable bonds is 5. The summed E-state index contributed by atoms with van der Waals surface area (Å²) in [5, 5.41) is 2.69. The van der Waals surface area contributed by atoms with Gasteiger partial charge in [0.15, 0.2) is 12.1 Å². The molecule has 96 valence electrons. The maximum Gasteiger partial charge on any atom is 0.225 e. The molecule has 0 spiro atoms. The maximum atomic E-state index is 11.7. The van der Waals surface area contributed by atoms with Gasteiger partial charge in [-0.25, -0.2) is 9.97 Å². The van der Waals surface area contributed by atoms with Crippen LogP contribution in [0.3, 0.4) is 0 Å². The molecule has 0 aromatic carbocycles. The topological polar surface area (TPSA) is 72.0 Å². The van der Waals surface area contributed by atoms with Crippen LogP contribution in [-0.4, -0.2) is 22.2 Å². The zero-order valence-corrected chi connectivity index (χ0v) is 10.3. The van der Waals surface area contributed by atoms with Crippen LogP contribution >= 0.6 is 0 Å². The van der Waals surface area contributed by atoms with Gasteiger partial charge in [0.2, 0.25) is 5.91 Å². The van der Waals surface area contributed by atoms with Gasteiger partial charge in [0.05, 0.1) is 12.4 Å². The van der Waals surface area contributed by atoms with Crippen LogP contribution in [0.1, 0.15) is 49.0 Å². The quantitative estimate of drug-likeness (QED) is 0.809. The predicted octanol–water partition coefficient (Wildman–Crippen LogP) is 2.20. The van der Waals surface area contributed by atoms with Gasteiger partial charge < -0.3 is 5.32 Å². The standard InChI is InChI=1S/C13H17N3O2/c17-9-11-7-15-12(8-14-11)16-13(18)6-5-10-3-1-2-4-10/h7-10H,1-6H2,(H,15,16,18). The molecule has 1 amide bonds. The Kier molecular flexibility index (Phi) is 4.39. The van der Waals surface area contributed by atoms with Crippen LogP contribution in [0.4, 0.5) is 5.82 Å². The van der Waals surface area contributed by atoms with Crippen molar-refractivity contribution in [3.8, 4) is 0 Å². The normalized spacial score (nSPS) is 15.6. The van der Waals surface area contributed by atoms with Crippen LogP contribution in [-0.2, 0) is 4.79 Å². The van der Waals surface area contributed by atoms with E-state index >= 15 is 0 Å². The highest BCUT2D eigenvalue weighted by Gasteiger charge is 2.16. The average Bonchev–Trinajstić information content (AvgIpc) is 2.90. The third-order valence-corrected chi connectivity index (χ3v) is 3.31. The summed E-state index contributed by atoms with van der Waals surface area (Å²) in [4.78, 5) is 29.9. The Hall–Kier alpha value is -1.78. The molecule has 1 aliphatic rings. The minimum absolute atomic E-state index is 0.0324. The Morgan fingerprint density at radius 2 is 2.11 bits per heavy atom. The summed E-state index contributed by atoms with van der Waals surface area (Å²) >= 11 is 0. The third kappa shape index (κ3) is 3.61. The zero-order chi connectivity index (χ0) is 12.8. The van der Waals surface area contributed by atoms with Crippen molar-refractivity contribution in [2.24, 2.45) is 5.92 Å². The second-order valence-corrected chi connectivity index (χ2v) is 4.68. The molecular formula is C13H17N3O2. The van der Waals surface area contributed by atoms with Gasteiger partial charge >= 0.3 is 0 Å². The van der Waals surface area contributed by atoms with Crippen molar-refractivity contribution in [2.75, 3.05) is 5.32 Å². The number of carbonyl (C=O) groups excluding carboxylic acids is 2. The minimum atomic E-state index is -0.0324. The molecule has 1 aromatic rings. The molecule has 0 radical (unpaired) electrons. The molecule has 0 bridgehead atoms. The molecule has 0 aliphatic heterocycles. The van der Waals surface area contributed by atoms with Crippen LogP contribution in [0.5, 0.6) is 0 Å². The summed E-state index contributed by atoms with van der Waals surface area (Å²) in [7, 11) is 0. The Labute approximate surface area is 106 Å². The van der Waals surface area contributed by atoms with E-state index < -0.39 is 0 Å². The smallest absolute Gasteiger partial charge is 0.225 e. The first-order chi connectivity index (χ1) is 8.78. The summed E-state index contributed by atoms with van der Waals surface area (Å²) in [6, 6.07) is 0. The van der Waals surface area contributed by atoms with Gasteiger partial charge in [0, 0.05) is 6.42 Å². The molecular weight excluding hydrogens is 230 g/mol. The van der Waals surface area contributed by atoms with Crippen LogP contribution < -0.4 is 5.32 Å². The highest BCUT2D eigenvalue weighted by molar-refractivity contribution is 5.89. The van der Waals surface area contributed by atoms with Crippen molar-refractivity contribution in [3.63, 3.8) is 0 Å². The molecule has 1 saturated carbocycles. The van der Waals surface area contributed by atoms with Crippen LogP contribution in [0.2, 0.25) is 0 Å². The first kappa shape index (κ1) is 12.7. The van der Waals surface area contributed by atoms with E-state index in [0.717, 1.165) is 6.42 Å². The lowest BCUT2D eigenvalue weighted by atomic mass is 10.0. The average molecular weight is 247 g/mol. The van der Waals surface area contributed by atoms with E-state index in [-0.39, 0.29) is 11.6 Å². The second-order valence-electron chi connectivity index (χ2n) is 4.68. The van der Waals surface area contributed by atoms with Gasteiger partial charge in [-0.2, -0.15) is 0 Å². The molecule has 0 atom stereocenters. The summed E-state index contributed by atoms with van der Waals surface area (Å²) in [5.41, 5.74) is 0.263. The van der Waals surface area contributed by atoms with Crippen molar-refractivity contribution in [1.29, 1.82) is 0 Å². The Balaban J connectivity index is 1.77. The van der Waals surface area contributed by atoms with Gasteiger partial charge in [0.1, 0.15) is 5.69 Å². The lowest BCUT2D eigenvalue weighted by Crippen LogP contribution is -2.14. The molecule has 5 nitrogen and oxygen atoms in total. The van der Waals surface area contributed by atoms with Crippen molar-refractivity contribution in [1.82, 2.24) is 9.97 Å². The highest BCUT2D eigenvalue weighted by atomic mass is 16.1. The van der Waals surface area contributed by atoms with E-state index in [2.05, 4.69) is 15.3 Å². The van der Waals surface area contributed by atoms with Crippen LogP contribution in [0.25, 0.3) is 0 Å². The molecule has 1 aliphatic carbocycles. The first-order valence-electron chi connectivity index (χ1n) is 6.35. The van der Waals surface area contributed by atoms with Gasteiger partial charge in [-0.3, -0.25) is 9.59 Å². The van der Waals surface area contributed by atoms with Gasteiger partial charge in [-0.1, -0.05) is 25.7 Å². The number of nitrogens with one attached hydrogen (secondary N) is 1. The predicted molar refractivity (Wildman–Crippen MR) is 67.2 cm³/mol. The van der Waals surface area contributed by atoms with E-state index in [1.807, 2.05) is 0 Å². The zero-order valence-electron chi connectivity index (χ0n) is 10.3. The van der Waals surface area contributed by atoms with E-state index in [1.165, 1.54) is 38.1 Å². The number of aromatic nitrogens is 2. The van der Waals surface area contributed by atoms with Crippen molar-refractivity contribution in [2.45, 2.75) is 38.5 Å². The number of carbonyl (C=O) groups is 2. The molecule has 0 saturated heterocycles. The van der Waals surface area contributed by atoms with E-state index in [1.54, 1.807) is 0 Å². The Morgan fingerprint density at radius 1 is 1.33 bits per heavy atom. The second kappa shape index (κ2) is 6.23. The fourth-order valence-corrected chi connectivity index (χ4v) is 2.30. The number of hydrogen-bond acceptors (Lipinski definition) is 4. The molecule has 1 heterocycles. The molecule has 18 heavy (non-hydrogen) atoms. The molecule has 5 heteroatoms. The van der Waals surface area contributed by atoms with Gasteiger partial charge in [0.25, 0.3) is 0 Å². The summed E-state index contributed by atoms with van der Waals surface area (Å²) in [5.74, 6) is 1.08. The number of amides is 1. The number of anilines is 1. The van der Waals surface area contributed by atoms with Gasteiger partial charge in [-0.15, -0.1) is 0 Å². The third-order valence-electron chi connectivity index (χ3n) is 3.31. The van der Waals surface area contributed by atoms with E-state index in [4.69, 9.17) is 0 Å². The molecule has 1 fully saturated rings. The summed E-state index contributed by atoms with van der Waals surface area (Å²) in [6.45, 7) is 0. The van der Waals surface area contributed by atoms with E-state index in [0.29, 0.717) is 24.4 Å². The molecule has 2 rings (SSSR count). The SMILES string of the molecule is O=Cc1cnc(NC(=O)CCC2CCCC2)cn1. The fourth-order valence-electron chi connectivity index (χ4n) is 2.30. The summed E-state index contributed by atoms with van der Waals surface area (Å²) in [6.07, 6.45) is 9.95. The lowest BCUT2D eigenvalue weighted by molar-refractivity contribution is -0.116.